The summed E-state index contributed by atoms with van der Waals surface area (Å²) in [5.74, 6) is -2.09. The Hall–Kier alpha value is -2.60. The zero-order valence-electron chi connectivity index (χ0n) is 10.4. The molecule has 0 aliphatic carbocycles. The Labute approximate surface area is 116 Å². The van der Waals surface area contributed by atoms with Gasteiger partial charge < -0.3 is 15.2 Å². The molecule has 0 aliphatic rings. The third-order valence-electron chi connectivity index (χ3n) is 2.19. The lowest BCUT2D eigenvalue weighted by atomic mass is 10.1. The summed E-state index contributed by atoms with van der Waals surface area (Å²) >= 11 is 0. The van der Waals surface area contributed by atoms with E-state index < -0.39 is 42.4 Å². The lowest BCUT2D eigenvalue weighted by Crippen LogP contribution is -2.21. The van der Waals surface area contributed by atoms with Crippen LogP contribution in [0.25, 0.3) is 0 Å². The first-order valence-electron chi connectivity index (χ1n) is 5.44. The fraction of sp³-hybridized carbons (Fsp3) is 0.250. The molecule has 0 saturated heterocycles. The molecule has 0 unspecified atom stereocenters. The Morgan fingerprint density at radius 3 is 2.52 bits per heavy atom. The van der Waals surface area contributed by atoms with Crippen LogP contribution in [-0.4, -0.2) is 30.2 Å². The first kappa shape index (κ1) is 16.5. The minimum atomic E-state index is -4.73. The number of carbonyl (C=O) groups is 2. The molecule has 9 heteroatoms. The van der Waals surface area contributed by atoms with E-state index in [1.165, 1.54) is 6.07 Å². The van der Waals surface area contributed by atoms with Gasteiger partial charge in [0.25, 0.3) is 0 Å². The van der Waals surface area contributed by atoms with E-state index in [-0.39, 0.29) is 5.69 Å². The molecule has 0 aromatic heterocycles. The van der Waals surface area contributed by atoms with Crippen molar-refractivity contribution >= 4 is 17.6 Å². The maximum absolute atomic E-state index is 12.7. The van der Waals surface area contributed by atoms with Crippen LogP contribution in [0.5, 0.6) is 0 Å². The van der Waals surface area contributed by atoms with Crippen molar-refractivity contribution in [2.24, 2.45) is 0 Å². The van der Waals surface area contributed by atoms with Gasteiger partial charge in [0.15, 0.2) is 0 Å². The van der Waals surface area contributed by atoms with Gasteiger partial charge in [-0.1, -0.05) is 0 Å². The molecule has 0 spiro atoms. The first-order valence-corrected chi connectivity index (χ1v) is 5.44. The van der Waals surface area contributed by atoms with Crippen LogP contribution in [0, 0.1) is 11.3 Å². The van der Waals surface area contributed by atoms with Crippen molar-refractivity contribution in [3.63, 3.8) is 0 Å². The number of hydrogen-bond acceptors (Lipinski definition) is 4. The number of hydrogen-bond donors (Lipinski definition) is 2. The summed E-state index contributed by atoms with van der Waals surface area (Å²) in [4.78, 5) is 21.5. The van der Waals surface area contributed by atoms with Gasteiger partial charge in [0.1, 0.15) is 13.2 Å². The minimum Gasteiger partial charge on any atom is -0.480 e. The third kappa shape index (κ3) is 5.12. The van der Waals surface area contributed by atoms with Gasteiger partial charge in [-0.15, -0.1) is 0 Å². The van der Waals surface area contributed by atoms with E-state index in [9.17, 15) is 22.8 Å². The number of rotatable bonds is 5. The van der Waals surface area contributed by atoms with Crippen LogP contribution in [0.4, 0.5) is 18.9 Å². The number of aliphatic carboxylic acids is 1. The number of halogens is 3. The van der Waals surface area contributed by atoms with E-state index in [1.807, 2.05) is 0 Å². The second-order valence-electron chi connectivity index (χ2n) is 3.80. The second-order valence-corrected chi connectivity index (χ2v) is 3.80. The highest BCUT2D eigenvalue weighted by Crippen LogP contribution is 2.33. The molecule has 0 saturated carbocycles. The third-order valence-corrected chi connectivity index (χ3v) is 2.19. The standard InChI is InChI=1S/C12H9F3N2O4/c13-12(14,15)9-3-8(2-1-7(9)4-16)17-10(18)5-21-6-11(19)20/h1-3H,5-6H2,(H,17,18)(H,19,20). The molecule has 0 radical (unpaired) electrons. The van der Waals surface area contributed by atoms with Crippen molar-refractivity contribution in [1.29, 1.82) is 5.26 Å². The van der Waals surface area contributed by atoms with Gasteiger partial charge in [0.05, 0.1) is 17.2 Å². The maximum atomic E-state index is 12.7. The van der Waals surface area contributed by atoms with E-state index in [2.05, 4.69) is 10.1 Å². The van der Waals surface area contributed by atoms with Crippen molar-refractivity contribution in [2.75, 3.05) is 18.5 Å². The molecule has 0 bridgehead atoms. The predicted octanol–water partition coefficient (Wildman–Crippen LogP) is 1.62. The monoisotopic (exact) mass is 302 g/mol. The predicted molar refractivity (Wildman–Crippen MR) is 63.2 cm³/mol. The first-order chi connectivity index (χ1) is 9.74. The molecule has 0 aliphatic heterocycles. The van der Waals surface area contributed by atoms with Crippen LogP contribution in [0.15, 0.2) is 18.2 Å². The summed E-state index contributed by atoms with van der Waals surface area (Å²) in [6.45, 7) is -1.32. The highest BCUT2D eigenvalue weighted by Gasteiger charge is 2.33. The number of ether oxygens (including phenoxy) is 1. The molecule has 112 valence electrons. The van der Waals surface area contributed by atoms with Crippen LogP contribution in [0.2, 0.25) is 0 Å². The van der Waals surface area contributed by atoms with E-state index in [1.54, 1.807) is 0 Å². The zero-order valence-corrected chi connectivity index (χ0v) is 10.4. The highest BCUT2D eigenvalue weighted by molar-refractivity contribution is 5.92. The molecule has 1 amide bonds. The number of nitrogens with one attached hydrogen (secondary N) is 1. The molecule has 0 atom stereocenters. The fourth-order valence-electron chi connectivity index (χ4n) is 1.38. The Morgan fingerprint density at radius 2 is 2.00 bits per heavy atom. The smallest absolute Gasteiger partial charge is 0.417 e. The number of alkyl halides is 3. The Balaban J connectivity index is 2.79. The molecule has 21 heavy (non-hydrogen) atoms. The number of carbonyl (C=O) groups excluding carboxylic acids is 1. The van der Waals surface area contributed by atoms with Crippen molar-refractivity contribution in [3.05, 3.63) is 29.3 Å². The summed E-state index contributed by atoms with van der Waals surface area (Å²) in [7, 11) is 0. The summed E-state index contributed by atoms with van der Waals surface area (Å²) < 4.78 is 42.6. The van der Waals surface area contributed by atoms with E-state index in [0.29, 0.717) is 6.07 Å². The summed E-state index contributed by atoms with van der Waals surface area (Å²) in [5.41, 5.74) is -1.91. The molecule has 0 fully saturated rings. The molecule has 1 rings (SSSR count). The Kier molecular flexibility index (Phi) is 5.26. The number of nitriles is 1. The molecular formula is C12H9F3N2O4. The van der Waals surface area contributed by atoms with Crippen molar-refractivity contribution in [2.45, 2.75) is 6.18 Å². The van der Waals surface area contributed by atoms with Crippen LogP contribution in [0.3, 0.4) is 0 Å². The number of amides is 1. The van der Waals surface area contributed by atoms with Gasteiger partial charge in [0.2, 0.25) is 5.91 Å². The average molecular weight is 302 g/mol. The van der Waals surface area contributed by atoms with Gasteiger partial charge in [-0.25, -0.2) is 4.79 Å². The Bertz CT molecular complexity index is 593. The number of carboxylic acid groups (broad SMARTS) is 1. The maximum Gasteiger partial charge on any atom is 0.417 e. The summed E-state index contributed by atoms with van der Waals surface area (Å²) in [5, 5.41) is 19.0. The lowest BCUT2D eigenvalue weighted by molar-refractivity contribution is -0.143. The van der Waals surface area contributed by atoms with Crippen LogP contribution in [0.1, 0.15) is 11.1 Å². The normalized spacial score (nSPS) is 10.8. The van der Waals surface area contributed by atoms with Crippen LogP contribution in [-0.2, 0) is 20.5 Å². The van der Waals surface area contributed by atoms with Gasteiger partial charge in [0, 0.05) is 5.69 Å². The molecule has 2 N–H and O–H groups in total. The summed E-state index contributed by atoms with van der Waals surface area (Å²) in [6.07, 6.45) is -4.73. The lowest BCUT2D eigenvalue weighted by Gasteiger charge is -2.11. The molecular weight excluding hydrogens is 293 g/mol. The largest absolute Gasteiger partial charge is 0.480 e. The van der Waals surface area contributed by atoms with Gasteiger partial charge in [-0.2, -0.15) is 18.4 Å². The van der Waals surface area contributed by atoms with E-state index in [4.69, 9.17) is 10.4 Å². The Morgan fingerprint density at radius 1 is 1.33 bits per heavy atom. The van der Waals surface area contributed by atoms with Crippen molar-refractivity contribution in [3.8, 4) is 6.07 Å². The van der Waals surface area contributed by atoms with Gasteiger partial charge in [-0.05, 0) is 18.2 Å². The molecule has 0 heterocycles. The number of benzene rings is 1. The fourth-order valence-corrected chi connectivity index (χ4v) is 1.38. The highest BCUT2D eigenvalue weighted by atomic mass is 19.4. The second kappa shape index (κ2) is 6.71. The number of anilines is 1. The molecule has 1 aromatic carbocycles. The van der Waals surface area contributed by atoms with Gasteiger partial charge in [-0.3, -0.25) is 4.79 Å². The summed E-state index contributed by atoms with van der Waals surface area (Å²) in [6, 6.07) is 4.08. The van der Waals surface area contributed by atoms with E-state index >= 15 is 0 Å². The number of nitrogens with zero attached hydrogens (tertiary/aromatic N) is 1. The van der Waals surface area contributed by atoms with Crippen LogP contribution >= 0.6 is 0 Å². The van der Waals surface area contributed by atoms with Gasteiger partial charge >= 0.3 is 12.1 Å². The zero-order chi connectivity index (χ0) is 16.0. The molecule has 6 nitrogen and oxygen atoms in total. The van der Waals surface area contributed by atoms with Crippen molar-refractivity contribution < 1.29 is 32.6 Å². The quantitative estimate of drug-likeness (QED) is 0.861. The SMILES string of the molecule is N#Cc1ccc(NC(=O)COCC(=O)O)cc1C(F)(F)F. The molecule has 1 aromatic rings. The minimum absolute atomic E-state index is 0.176. The topological polar surface area (TPSA) is 99.4 Å². The van der Waals surface area contributed by atoms with E-state index in [0.717, 1.165) is 12.1 Å². The number of carboxylic acids is 1. The van der Waals surface area contributed by atoms with Crippen molar-refractivity contribution in [1.82, 2.24) is 0 Å². The average Bonchev–Trinajstić information content (AvgIpc) is 2.37. The van der Waals surface area contributed by atoms with Crippen LogP contribution < -0.4 is 5.32 Å².